The van der Waals surface area contributed by atoms with E-state index in [1.165, 1.54) is 47.8 Å². The summed E-state index contributed by atoms with van der Waals surface area (Å²) in [6, 6.07) is 12.4. The van der Waals surface area contributed by atoms with Gasteiger partial charge in [-0.25, -0.2) is 35.9 Å². The normalized spacial score (nSPS) is 14.2. The molecule has 346 valence electrons. The lowest BCUT2D eigenvalue weighted by atomic mass is 10.2. The molecular weight excluding hydrogens is 931 g/mol. The largest absolute Gasteiger partial charge is 0.472 e. The number of aliphatic hydroxyl groups excluding tert-OH is 2. The van der Waals surface area contributed by atoms with Gasteiger partial charge in [-0.2, -0.15) is 22.7 Å². The number of halogens is 4. The van der Waals surface area contributed by atoms with Gasteiger partial charge in [-0.3, -0.25) is 14.2 Å². The predicted octanol–water partition coefficient (Wildman–Crippen LogP) is 3.67. The Morgan fingerprint density at radius 2 is 1.23 bits per heavy atom. The van der Waals surface area contributed by atoms with Gasteiger partial charge in [-0.05, 0) is 32.0 Å². The van der Waals surface area contributed by atoms with Gasteiger partial charge in [0.2, 0.25) is 17.3 Å². The smallest absolute Gasteiger partial charge is 0.302 e. The van der Waals surface area contributed by atoms with Crippen molar-refractivity contribution in [3.05, 3.63) is 112 Å². The first-order chi connectivity index (χ1) is 30.4. The van der Waals surface area contributed by atoms with Crippen LogP contribution in [-0.4, -0.2) is 107 Å². The monoisotopic (exact) mass is 973 g/mol. The zero-order valence-corrected chi connectivity index (χ0v) is 37.5. The van der Waals surface area contributed by atoms with Crippen LogP contribution in [0.1, 0.15) is 25.0 Å². The van der Waals surface area contributed by atoms with Crippen LogP contribution >= 0.6 is 23.5 Å². The molecule has 1 aliphatic heterocycles. The van der Waals surface area contributed by atoms with E-state index in [0.29, 0.717) is 26.2 Å². The standard InChI is InChI=1S/C20H20F2N4O5S2.C18H23F2N5O4S2/c1-12(10-27)31-17-8-16(25-33(29,30)14-6-7-18(28)26(2)9-14)23-20(24-17)32-11-13-4-3-5-15(21)19(13)22;1-12(10-26)29-16-9-15(24-31(27,28)25-7-5-21-6-8-25)22-18(23-16)30-11-13-3-2-4-14(19)17(13)20/h3-9,12,27H,10-11H2,1-2H3,(H,23,24,25);2-4,9,12,21,26H,5-8,10-11H2,1H3,(H,22,23,24)/t2*12-/m11/s1. The van der Waals surface area contributed by atoms with Crippen molar-refractivity contribution >= 4 is 55.4 Å². The summed E-state index contributed by atoms with van der Waals surface area (Å²) in [5.74, 6) is -4.10. The summed E-state index contributed by atoms with van der Waals surface area (Å²) >= 11 is 1.93. The van der Waals surface area contributed by atoms with Gasteiger partial charge in [0.1, 0.15) is 28.7 Å². The maximum absolute atomic E-state index is 14.0. The first kappa shape index (κ1) is 49.9. The Bertz CT molecular complexity index is 2680. The second-order valence-electron chi connectivity index (χ2n) is 13.6. The van der Waals surface area contributed by atoms with Crippen molar-refractivity contribution in [2.75, 3.05) is 48.8 Å². The molecule has 1 aliphatic rings. The van der Waals surface area contributed by atoms with Gasteiger partial charge in [-0.15, -0.1) is 0 Å². The van der Waals surface area contributed by atoms with Crippen molar-refractivity contribution in [3.63, 3.8) is 0 Å². The molecule has 3 aromatic heterocycles. The zero-order valence-electron chi connectivity index (χ0n) is 34.2. The van der Waals surface area contributed by atoms with Crippen LogP contribution in [0.5, 0.6) is 11.8 Å². The molecule has 1 saturated heterocycles. The summed E-state index contributed by atoms with van der Waals surface area (Å²) in [6.45, 7) is 4.29. The van der Waals surface area contributed by atoms with E-state index in [2.05, 4.69) is 34.7 Å². The quantitative estimate of drug-likeness (QED) is 0.0478. The lowest BCUT2D eigenvalue weighted by Crippen LogP contribution is -2.48. The summed E-state index contributed by atoms with van der Waals surface area (Å²) in [4.78, 5) is 28.0. The number of ether oxygens (including phenoxy) is 2. The molecule has 5 N–H and O–H groups in total. The van der Waals surface area contributed by atoms with Crippen molar-refractivity contribution in [1.29, 1.82) is 0 Å². The van der Waals surface area contributed by atoms with Crippen molar-refractivity contribution in [2.45, 2.75) is 52.8 Å². The van der Waals surface area contributed by atoms with E-state index in [-0.39, 0.29) is 80.0 Å². The molecule has 0 aliphatic carbocycles. The maximum Gasteiger partial charge on any atom is 0.302 e. The Kier molecular flexibility index (Phi) is 17.7. The fourth-order valence-electron chi connectivity index (χ4n) is 5.26. The molecule has 6 rings (SSSR count). The van der Waals surface area contributed by atoms with Crippen molar-refractivity contribution in [1.82, 2.24) is 34.1 Å². The van der Waals surface area contributed by atoms with Gasteiger partial charge in [0.15, 0.2) is 33.6 Å². The number of anilines is 2. The lowest BCUT2D eigenvalue weighted by Gasteiger charge is -2.26. The van der Waals surface area contributed by atoms with E-state index in [1.54, 1.807) is 13.8 Å². The minimum absolute atomic E-state index is 0.0204. The maximum atomic E-state index is 14.0. The van der Waals surface area contributed by atoms with E-state index in [1.807, 2.05) is 0 Å². The van der Waals surface area contributed by atoms with Gasteiger partial charge < -0.3 is 29.6 Å². The van der Waals surface area contributed by atoms with Gasteiger partial charge in [-0.1, -0.05) is 47.8 Å². The Balaban J connectivity index is 0.000000241. The number of thioether (sulfide) groups is 2. The second kappa shape index (κ2) is 22.7. The highest BCUT2D eigenvalue weighted by atomic mass is 32.2. The van der Waals surface area contributed by atoms with Crippen LogP contribution in [-0.2, 0) is 38.8 Å². The van der Waals surface area contributed by atoms with E-state index in [0.717, 1.165) is 58.6 Å². The van der Waals surface area contributed by atoms with Gasteiger partial charge in [0.25, 0.3) is 10.0 Å². The molecule has 1 fully saturated rings. The molecule has 0 radical (unpaired) electrons. The Morgan fingerprint density at radius 1 is 0.750 bits per heavy atom. The number of hydrogen-bond donors (Lipinski definition) is 5. The summed E-state index contributed by atoms with van der Waals surface area (Å²) in [5.41, 5.74) is -0.189. The van der Waals surface area contributed by atoms with Crippen molar-refractivity contribution < 1.29 is 54.1 Å². The number of aryl methyl sites for hydroxylation is 1. The summed E-state index contributed by atoms with van der Waals surface area (Å²) in [7, 11) is -6.57. The number of aliphatic hydroxyl groups is 2. The van der Waals surface area contributed by atoms with Crippen LogP contribution < -0.4 is 29.8 Å². The number of nitrogens with one attached hydrogen (secondary N) is 3. The van der Waals surface area contributed by atoms with Crippen molar-refractivity contribution in [2.24, 2.45) is 7.05 Å². The van der Waals surface area contributed by atoms with E-state index < -0.39 is 55.7 Å². The highest BCUT2D eigenvalue weighted by Crippen LogP contribution is 2.29. The molecule has 26 heteroatoms. The van der Waals surface area contributed by atoms with Crippen LogP contribution in [0, 0.1) is 23.3 Å². The summed E-state index contributed by atoms with van der Waals surface area (Å²) in [6.07, 6.45) is -0.0861. The number of hydrogen-bond acceptors (Lipinski definition) is 16. The molecule has 64 heavy (non-hydrogen) atoms. The van der Waals surface area contributed by atoms with E-state index in [4.69, 9.17) is 9.47 Å². The van der Waals surface area contributed by atoms with Gasteiger partial charge in [0, 0.05) is 80.3 Å². The Hall–Kier alpha value is -5.09. The van der Waals surface area contributed by atoms with Crippen LogP contribution in [0.25, 0.3) is 0 Å². The fraction of sp³-hybridized carbons (Fsp3) is 0.342. The molecule has 0 saturated carbocycles. The SMILES string of the molecule is C[C@H](CO)Oc1cc(NS(=O)(=O)N2CCNCC2)nc(SCc2cccc(F)c2F)n1.C[C@H](CO)Oc1cc(NS(=O)(=O)c2ccc(=O)n(C)c2)nc(SCc2cccc(F)c2F)n1. The molecular formula is C38H43F4N9O9S4. The number of piperazine rings is 1. The third kappa shape index (κ3) is 14.2. The first-order valence-corrected chi connectivity index (χ1v) is 23.9. The highest BCUT2D eigenvalue weighted by molar-refractivity contribution is 7.98. The first-order valence-electron chi connectivity index (χ1n) is 19.0. The molecule has 0 amide bonds. The number of nitrogens with zero attached hydrogens (tertiary/aromatic N) is 6. The van der Waals surface area contributed by atoms with Crippen LogP contribution in [0.4, 0.5) is 29.2 Å². The van der Waals surface area contributed by atoms with Crippen molar-refractivity contribution in [3.8, 4) is 11.8 Å². The average Bonchev–Trinajstić information content (AvgIpc) is 3.25. The topological polar surface area (TPSA) is 240 Å². The number of pyridine rings is 1. The molecule has 4 heterocycles. The van der Waals surface area contributed by atoms with Crippen LogP contribution in [0.15, 0.2) is 86.9 Å². The number of aromatic nitrogens is 5. The Morgan fingerprint density at radius 3 is 1.70 bits per heavy atom. The lowest BCUT2D eigenvalue weighted by molar-refractivity contribution is 0.124. The number of rotatable bonds is 18. The van der Waals surface area contributed by atoms with Gasteiger partial charge in [0.05, 0.1) is 13.2 Å². The predicted molar refractivity (Wildman–Crippen MR) is 230 cm³/mol. The molecule has 2 aromatic carbocycles. The van der Waals surface area contributed by atoms with Gasteiger partial charge >= 0.3 is 10.2 Å². The molecule has 0 spiro atoms. The third-order valence-corrected chi connectivity index (χ3v) is 13.2. The fourth-order valence-corrected chi connectivity index (χ4v) is 9.11. The minimum atomic E-state index is -4.12. The summed E-state index contributed by atoms with van der Waals surface area (Å²) in [5, 5.41) is 21.7. The highest BCUT2D eigenvalue weighted by Gasteiger charge is 2.25. The zero-order chi connectivity index (χ0) is 46.6. The minimum Gasteiger partial charge on any atom is -0.472 e. The Labute approximate surface area is 374 Å². The van der Waals surface area contributed by atoms with Crippen LogP contribution in [0.3, 0.4) is 0 Å². The third-order valence-electron chi connectivity index (χ3n) is 8.56. The molecule has 0 unspecified atom stereocenters. The molecule has 5 aromatic rings. The second-order valence-corrected chi connectivity index (χ2v) is 18.9. The summed E-state index contributed by atoms with van der Waals surface area (Å²) < 4.78 is 124. The van der Waals surface area contributed by atoms with E-state index >= 15 is 0 Å². The van der Waals surface area contributed by atoms with Crippen LogP contribution in [0.2, 0.25) is 0 Å². The van der Waals surface area contributed by atoms with E-state index in [9.17, 15) is 49.4 Å². The number of benzene rings is 2. The molecule has 18 nitrogen and oxygen atoms in total. The molecule has 0 bridgehead atoms. The number of sulfonamides is 1. The molecule has 2 atom stereocenters. The average molecular weight is 974 g/mol.